The predicted molar refractivity (Wildman–Crippen MR) is 119 cm³/mol. The van der Waals surface area contributed by atoms with E-state index in [1.54, 1.807) is 18.3 Å². The van der Waals surface area contributed by atoms with Crippen LogP contribution in [0.2, 0.25) is 0 Å². The van der Waals surface area contributed by atoms with Crippen molar-refractivity contribution in [2.24, 2.45) is 0 Å². The number of nitriles is 1. The SMILES string of the molecule is N#Cc1ccccc1S(=O)(=O)N1CCN(CCC(=O)Nc2ccnn2C2CCCC2)CC1. The number of nitrogens with one attached hydrogen (secondary N) is 1. The van der Waals surface area contributed by atoms with Gasteiger partial charge in [0.1, 0.15) is 11.9 Å². The molecule has 0 radical (unpaired) electrons. The number of carbonyl (C=O) groups is 1. The zero-order valence-corrected chi connectivity index (χ0v) is 18.8. The fourth-order valence-electron chi connectivity index (χ4n) is 4.43. The van der Waals surface area contributed by atoms with E-state index in [-0.39, 0.29) is 16.4 Å². The Kier molecular flexibility index (Phi) is 6.89. The van der Waals surface area contributed by atoms with E-state index in [1.807, 2.05) is 16.8 Å². The summed E-state index contributed by atoms with van der Waals surface area (Å²) >= 11 is 0. The van der Waals surface area contributed by atoms with Gasteiger partial charge in [-0.1, -0.05) is 25.0 Å². The van der Waals surface area contributed by atoms with Gasteiger partial charge in [0.2, 0.25) is 15.9 Å². The molecule has 1 N–H and O–H groups in total. The molecule has 4 rings (SSSR count). The Morgan fingerprint density at radius 3 is 2.56 bits per heavy atom. The van der Waals surface area contributed by atoms with Crippen LogP contribution in [0.5, 0.6) is 0 Å². The molecular weight excluding hydrogens is 428 g/mol. The quantitative estimate of drug-likeness (QED) is 0.684. The summed E-state index contributed by atoms with van der Waals surface area (Å²) in [5.41, 5.74) is 0.156. The highest BCUT2D eigenvalue weighted by molar-refractivity contribution is 7.89. The lowest BCUT2D eigenvalue weighted by Gasteiger charge is -2.34. The zero-order valence-electron chi connectivity index (χ0n) is 18.0. The van der Waals surface area contributed by atoms with Gasteiger partial charge in [-0.3, -0.25) is 4.79 Å². The van der Waals surface area contributed by atoms with E-state index in [0.29, 0.717) is 45.2 Å². The first kappa shape index (κ1) is 22.5. The molecule has 2 heterocycles. The fourth-order valence-corrected chi connectivity index (χ4v) is 6.00. The van der Waals surface area contributed by atoms with Crippen LogP contribution in [-0.4, -0.2) is 66.0 Å². The van der Waals surface area contributed by atoms with E-state index < -0.39 is 10.0 Å². The van der Waals surface area contributed by atoms with Crippen LogP contribution in [0.3, 0.4) is 0 Å². The smallest absolute Gasteiger partial charge is 0.244 e. The Bertz CT molecular complexity index is 1090. The Balaban J connectivity index is 1.27. The molecule has 1 saturated heterocycles. The number of rotatable bonds is 7. The summed E-state index contributed by atoms with van der Waals surface area (Å²) in [5, 5.41) is 16.6. The van der Waals surface area contributed by atoms with Crippen LogP contribution in [0.15, 0.2) is 41.4 Å². The molecule has 0 atom stereocenters. The number of benzene rings is 1. The Labute approximate surface area is 188 Å². The van der Waals surface area contributed by atoms with Crippen molar-refractivity contribution in [3.8, 4) is 6.07 Å². The van der Waals surface area contributed by atoms with Crippen molar-refractivity contribution >= 4 is 21.7 Å². The van der Waals surface area contributed by atoms with Crippen molar-refractivity contribution in [3.05, 3.63) is 42.1 Å². The number of amides is 1. The van der Waals surface area contributed by atoms with Crippen molar-refractivity contribution < 1.29 is 13.2 Å². The first-order valence-corrected chi connectivity index (χ1v) is 12.5. The lowest BCUT2D eigenvalue weighted by Crippen LogP contribution is -2.49. The highest BCUT2D eigenvalue weighted by atomic mass is 32.2. The third-order valence-electron chi connectivity index (χ3n) is 6.22. The molecule has 170 valence electrons. The molecule has 2 fully saturated rings. The first-order chi connectivity index (χ1) is 15.5. The van der Waals surface area contributed by atoms with Gasteiger partial charge in [0.15, 0.2) is 0 Å². The molecule has 1 aromatic carbocycles. The molecule has 10 heteroatoms. The van der Waals surface area contributed by atoms with E-state index in [1.165, 1.54) is 29.3 Å². The zero-order chi connectivity index (χ0) is 22.6. The molecule has 1 saturated carbocycles. The molecule has 32 heavy (non-hydrogen) atoms. The summed E-state index contributed by atoms with van der Waals surface area (Å²) in [6.07, 6.45) is 6.63. The number of carbonyl (C=O) groups excluding carboxylic acids is 1. The van der Waals surface area contributed by atoms with Crippen LogP contribution in [0.1, 0.15) is 43.7 Å². The summed E-state index contributed by atoms with van der Waals surface area (Å²) in [5.74, 6) is 0.678. The summed E-state index contributed by atoms with van der Waals surface area (Å²) < 4.78 is 29.2. The number of sulfonamides is 1. The first-order valence-electron chi connectivity index (χ1n) is 11.0. The van der Waals surface area contributed by atoms with E-state index in [9.17, 15) is 18.5 Å². The van der Waals surface area contributed by atoms with Crippen LogP contribution in [0.4, 0.5) is 5.82 Å². The molecule has 2 aromatic rings. The molecule has 1 aliphatic heterocycles. The maximum absolute atomic E-state index is 12.9. The van der Waals surface area contributed by atoms with Gasteiger partial charge in [0.25, 0.3) is 0 Å². The van der Waals surface area contributed by atoms with E-state index in [4.69, 9.17) is 0 Å². The maximum atomic E-state index is 12.9. The molecule has 0 unspecified atom stereocenters. The standard InChI is InChI=1S/C22H28N6O3S/c23-17-18-5-1-4-8-20(18)32(30,31)27-15-13-26(14-16-27)12-10-22(29)25-21-9-11-24-28(21)19-6-2-3-7-19/h1,4-5,8-9,11,19H,2-3,6-7,10,12-16H2,(H,25,29). The number of anilines is 1. The highest BCUT2D eigenvalue weighted by Crippen LogP contribution is 2.31. The second kappa shape index (κ2) is 9.81. The third-order valence-corrected chi connectivity index (χ3v) is 8.18. The van der Waals surface area contributed by atoms with Gasteiger partial charge >= 0.3 is 0 Å². The van der Waals surface area contributed by atoms with Crippen LogP contribution >= 0.6 is 0 Å². The average Bonchev–Trinajstić information content (AvgIpc) is 3.50. The van der Waals surface area contributed by atoms with Gasteiger partial charge < -0.3 is 10.2 Å². The molecule has 1 aliphatic carbocycles. The fraction of sp³-hybridized carbons (Fsp3) is 0.500. The normalized spacial score (nSPS) is 18.5. The van der Waals surface area contributed by atoms with E-state index >= 15 is 0 Å². The van der Waals surface area contributed by atoms with E-state index in [2.05, 4.69) is 15.3 Å². The highest BCUT2D eigenvalue weighted by Gasteiger charge is 2.30. The molecule has 9 nitrogen and oxygen atoms in total. The Morgan fingerprint density at radius 2 is 1.84 bits per heavy atom. The van der Waals surface area contributed by atoms with Crippen LogP contribution in [0.25, 0.3) is 0 Å². The number of hydrogen-bond donors (Lipinski definition) is 1. The van der Waals surface area contributed by atoms with Gasteiger partial charge in [0.05, 0.1) is 22.7 Å². The topological polar surface area (TPSA) is 111 Å². The molecule has 0 spiro atoms. The molecule has 1 amide bonds. The van der Waals surface area contributed by atoms with Crippen molar-refractivity contribution in [1.29, 1.82) is 5.26 Å². The van der Waals surface area contributed by atoms with Crippen molar-refractivity contribution in [2.75, 3.05) is 38.0 Å². The second-order valence-electron chi connectivity index (χ2n) is 8.25. The second-order valence-corrected chi connectivity index (χ2v) is 10.2. The van der Waals surface area contributed by atoms with Crippen LogP contribution in [0, 0.1) is 11.3 Å². The summed E-state index contributed by atoms with van der Waals surface area (Å²) in [4.78, 5) is 14.6. The Hall–Kier alpha value is -2.74. The number of aromatic nitrogens is 2. The van der Waals surface area contributed by atoms with Crippen LogP contribution in [-0.2, 0) is 14.8 Å². The van der Waals surface area contributed by atoms with Gasteiger partial charge in [0, 0.05) is 45.2 Å². The van der Waals surface area contributed by atoms with E-state index in [0.717, 1.165) is 18.7 Å². The maximum Gasteiger partial charge on any atom is 0.244 e. The van der Waals surface area contributed by atoms with Gasteiger partial charge in [-0.25, -0.2) is 13.1 Å². The molecule has 0 bridgehead atoms. The lowest BCUT2D eigenvalue weighted by molar-refractivity contribution is -0.116. The van der Waals surface area contributed by atoms with Gasteiger partial charge in [-0.15, -0.1) is 0 Å². The van der Waals surface area contributed by atoms with Gasteiger partial charge in [-0.2, -0.15) is 14.7 Å². The van der Waals surface area contributed by atoms with Crippen molar-refractivity contribution in [3.63, 3.8) is 0 Å². The van der Waals surface area contributed by atoms with Crippen molar-refractivity contribution in [2.45, 2.75) is 43.0 Å². The largest absolute Gasteiger partial charge is 0.311 e. The minimum Gasteiger partial charge on any atom is -0.311 e. The molecule has 2 aliphatic rings. The Morgan fingerprint density at radius 1 is 1.12 bits per heavy atom. The monoisotopic (exact) mass is 456 g/mol. The lowest BCUT2D eigenvalue weighted by atomic mass is 10.2. The average molecular weight is 457 g/mol. The summed E-state index contributed by atoms with van der Waals surface area (Å²) in [6.45, 7) is 2.31. The summed E-state index contributed by atoms with van der Waals surface area (Å²) in [6, 6.07) is 10.4. The van der Waals surface area contributed by atoms with Crippen LogP contribution < -0.4 is 5.32 Å². The number of nitrogens with zero attached hydrogens (tertiary/aromatic N) is 5. The minimum atomic E-state index is -3.71. The number of hydrogen-bond acceptors (Lipinski definition) is 6. The minimum absolute atomic E-state index is 0.0502. The molecule has 1 aromatic heterocycles. The summed E-state index contributed by atoms with van der Waals surface area (Å²) in [7, 11) is -3.71. The van der Waals surface area contributed by atoms with Gasteiger partial charge in [-0.05, 0) is 25.0 Å². The predicted octanol–water partition coefficient (Wildman–Crippen LogP) is 2.20. The third kappa shape index (κ3) is 4.85. The van der Waals surface area contributed by atoms with Crippen molar-refractivity contribution in [1.82, 2.24) is 19.0 Å². The number of piperazine rings is 1. The molecular formula is C22H28N6O3S.